The number of rotatable bonds is 2. The topological polar surface area (TPSA) is 60.2 Å². The fourth-order valence-corrected chi connectivity index (χ4v) is 2.32. The van der Waals surface area contributed by atoms with E-state index in [0.29, 0.717) is 5.69 Å². The van der Waals surface area contributed by atoms with Gasteiger partial charge in [0, 0.05) is 0 Å². The standard InChI is InChI=1S/C10H15NO2S/c1-4-14(12,13)10-6-8(3)7(2)5-9(10)11/h5-6H,4,11H2,1-3H3. The third kappa shape index (κ3) is 1.90. The molecule has 0 saturated heterocycles. The Morgan fingerprint density at radius 3 is 2.21 bits per heavy atom. The van der Waals surface area contributed by atoms with Crippen LogP contribution in [0.2, 0.25) is 0 Å². The van der Waals surface area contributed by atoms with E-state index >= 15 is 0 Å². The van der Waals surface area contributed by atoms with Crippen LogP contribution in [0.3, 0.4) is 0 Å². The summed E-state index contributed by atoms with van der Waals surface area (Å²) in [5.74, 6) is 0.0830. The Hall–Kier alpha value is -1.03. The van der Waals surface area contributed by atoms with Gasteiger partial charge in [-0.05, 0) is 37.1 Å². The summed E-state index contributed by atoms with van der Waals surface area (Å²) in [7, 11) is -3.19. The van der Waals surface area contributed by atoms with Crippen LogP contribution in [0.5, 0.6) is 0 Å². The number of hydrogen-bond acceptors (Lipinski definition) is 3. The van der Waals surface area contributed by atoms with Gasteiger partial charge in [-0.3, -0.25) is 0 Å². The highest BCUT2D eigenvalue weighted by Crippen LogP contribution is 2.23. The second-order valence-corrected chi connectivity index (χ2v) is 5.62. The molecule has 0 aliphatic carbocycles. The Kier molecular flexibility index (Phi) is 2.85. The summed E-state index contributed by atoms with van der Waals surface area (Å²) in [4.78, 5) is 0.253. The molecule has 0 radical (unpaired) electrons. The van der Waals surface area contributed by atoms with Gasteiger partial charge in [0.25, 0.3) is 0 Å². The maximum absolute atomic E-state index is 11.6. The van der Waals surface area contributed by atoms with Crippen molar-refractivity contribution in [3.63, 3.8) is 0 Å². The van der Waals surface area contributed by atoms with Crippen molar-refractivity contribution in [1.29, 1.82) is 0 Å². The summed E-state index contributed by atoms with van der Waals surface area (Å²) in [6.45, 7) is 5.40. The second kappa shape index (κ2) is 3.61. The van der Waals surface area contributed by atoms with Crippen LogP contribution in [0.4, 0.5) is 5.69 Å². The molecule has 1 aromatic rings. The molecule has 0 bridgehead atoms. The molecule has 0 amide bonds. The molecule has 78 valence electrons. The van der Waals surface area contributed by atoms with E-state index in [-0.39, 0.29) is 10.6 Å². The van der Waals surface area contributed by atoms with Crippen molar-refractivity contribution >= 4 is 15.5 Å². The molecule has 0 heterocycles. The highest BCUT2D eigenvalue weighted by molar-refractivity contribution is 7.91. The zero-order chi connectivity index (χ0) is 10.9. The molecule has 0 aliphatic rings. The van der Waals surface area contributed by atoms with Gasteiger partial charge in [0.2, 0.25) is 0 Å². The number of nitrogens with two attached hydrogens (primary N) is 1. The minimum absolute atomic E-state index is 0.0830. The van der Waals surface area contributed by atoms with E-state index in [4.69, 9.17) is 5.73 Å². The molecule has 1 rings (SSSR count). The summed E-state index contributed by atoms with van der Waals surface area (Å²) in [6.07, 6.45) is 0. The largest absolute Gasteiger partial charge is 0.398 e. The Bertz CT molecular complexity index is 449. The Labute approximate surface area is 84.9 Å². The molecule has 3 nitrogen and oxygen atoms in total. The summed E-state index contributed by atoms with van der Waals surface area (Å²) < 4.78 is 23.2. The van der Waals surface area contributed by atoms with E-state index in [9.17, 15) is 8.42 Å². The molecule has 0 fully saturated rings. The first-order chi connectivity index (χ1) is 6.38. The molecule has 0 spiro atoms. The Morgan fingerprint density at radius 1 is 1.21 bits per heavy atom. The fraction of sp³-hybridized carbons (Fsp3) is 0.400. The van der Waals surface area contributed by atoms with Gasteiger partial charge in [0.15, 0.2) is 9.84 Å². The van der Waals surface area contributed by atoms with Crippen LogP contribution in [0, 0.1) is 13.8 Å². The lowest BCUT2D eigenvalue weighted by atomic mass is 10.1. The van der Waals surface area contributed by atoms with Crippen molar-refractivity contribution in [2.24, 2.45) is 0 Å². The molecule has 14 heavy (non-hydrogen) atoms. The first kappa shape index (κ1) is 11.0. The predicted molar refractivity (Wildman–Crippen MR) is 58.1 cm³/mol. The van der Waals surface area contributed by atoms with E-state index in [2.05, 4.69) is 0 Å². The van der Waals surface area contributed by atoms with Gasteiger partial charge in [-0.1, -0.05) is 6.92 Å². The van der Waals surface area contributed by atoms with Crippen LogP contribution in [0.1, 0.15) is 18.1 Å². The quantitative estimate of drug-likeness (QED) is 0.760. The predicted octanol–water partition coefficient (Wildman–Crippen LogP) is 1.68. The highest BCUT2D eigenvalue weighted by atomic mass is 32.2. The molecule has 2 N–H and O–H groups in total. The Balaban J connectivity index is 3.45. The number of anilines is 1. The lowest BCUT2D eigenvalue weighted by Crippen LogP contribution is -2.08. The van der Waals surface area contributed by atoms with Crippen molar-refractivity contribution in [3.05, 3.63) is 23.3 Å². The van der Waals surface area contributed by atoms with Crippen LogP contribution < -0.4 is 5.73 Å². The van der Waals surface area contributed by atoms with Gasteiger partial charge in [0.05, 0.1) is 16.3 Å². The third-order valence-electron chi connectivity index (χ3n) is 2.34. The van der Waals surface area contributed by atoms with Crippen LogP contribution in [-0.2, 0) is 9.84 Å². The maximum Gasteiger partial charge on any atom is 0.180 e. The van der Waals surface area contributed by atoms with Crippen LogP contribution in [-0.4, -0.2) is 14.2 Å². The number of hydrogen-bond donors (Lipinski definition) is 1. The van der Waals surface area contributed by atoms with Crippen molar-refractivity contribution < 1.29 is 8.42 Å². The van der Waals surface area contributed by atoms with Crippen LogP contribution in [0.15, 0.2) is 17.0 Å². The summed E-state index contributed by atoms with van der Waals surface area (Å²) in [6, 6.07) is 3.35. The van der Waals surface area contributed by atoms with Crippen LogP contribution >= 0.6 is 0 Å². The monoisotopic (exact) mass is 213 g/mol. The van der Waals surface area contributed by atoms with Gasteiger partial charge < -0.3 is 5.73 Å². The first-order valence-corrected chi connectivity index (χ1v) is 6.13. The SMILES string of the molecule is CCS(=O)(=O)c1cc(C)c(C)cc1N. The molecule has 0 saturated carbocycles. The fourth-order valence-electron chi connectivity index (χ4n) is 1.24. The number of benzene rings is 1. The van der Waals surface area contributed by atoms with Gasteiger partial charge >= 0.3 is 0 Å². The lowest BCUT2D eigenvalue weighted by molar-refractivity contribution is 0.597. The lowest BCUT2D eigenvalue weighted by Gasteiger charge is -2.08. The zero-order valence-corrected chi connectivity index (χ0v) is 9.48. The molecule has 0 unspecified atom stereocenters. The molecule has 0 aliphatic heterocycles. The smallest absolute Gasteiger partial charge is 0.180 e. The zero-order valence-electron chi connectivity index (χ0n) is 8.66. The van der Waals surface area contributed by atoms with Crippen molar-refractivity contribution in [2.75, 3.05) is 11.5 Å². The van der Waals surface area contributed by atoms with Crippen molar-refractivity contribution in [2.45, 2.75) is 25.7 Å². The first-order valence-electron chi connectivity index (χ1n) is 4.48. The molecule has 0 aromatic heterocycles. The average Bonchev–Trinajstić information content (AvgIpc) is 2.11. The maximum atomic E-state index is 11.6. The van der Waals surface area contributed by atoms with Gasteiger partial charge in [-0.2, -0.15) is 0 Å². The average molecular weight is 213 g/mol. The summed E-state index contributed by atoms with van der Waals surface area (Å²) in [5, 5.41) is 0. The van der Waals surface area contributed by atoms with Crippen molar-refractivity contribution in [1.82, 2.24) is 0 Å². The van der Waals surface area contributed by atoms with E-state index in [1.165, 1.54) is 0 Å². The van der Waals surface area contributed by atoms with Crippen molar-refractivity contribution in [3.8, 4) is 0 Å². The molecular weight excluding hydrogens is 198 g/mol. The van der Waals surface area contributed by atoms with Gasteiger partial charge in [-0.25, -0.2) is 8.42 Å². The summed E-state index contributed by atoms with van der Waals surface area (Å²) in [5.41, 5.74) is 7.98. The third-order valence-corrected chi connectivity index (χ3v) is 4.12. The summed E-state index contributed by atoms with van der Waals surface area (Å²) >= 11 is 0. The normalized spacial score (nSPS) is 11.6. The van der Waals surface area contributed by atoms with Gasteiger partial charge in [-0.15, -0.1) is 0 Å². The molecular formula is C10H15NO2S. The van der Waals surface area contributed by atoms with Crippen LogP contribution in [0.25, 0.3) is 0 Å². The second-order valence-electron chi connectivity index (χ2n) is 3.38. The number of nitrogen functional groups attached to an aromatic ring is 1. The minimum Gasteiger partial charge on any atom is -0.398 e. The van der Waals surface area contributed by atoms with E-state index < -0.39 is 9.84 Å². The van der Waals surface area contributed by atoms with E-state index in [0.717, 1.165) is 11.1 Å². The van der Waals surface area contributed by atoms with Gasteiger partial charge in [0.1, 0.15) is 0 Å². The molecule has 0 atom stereocenters. The molecule has 4 heteroatoms. The number of aryl methyl sites for hydroxylation is 2. The van der Waals surface area contributed by atoms with E-state index in [1.807, 2.05) is 13.8 Å². The number of sulfone groups is 1. The molecule has 1 aromatic carbocycles. The van der Waals surface area contributed by atoms with E-state index in [1.54, 1.807) is 19.1 Å². The highest BCUT2D eigenvalue weighted by Gasteiger charge is 2.15. The Morgan fingerprint density at radius 2 is 1.71 bits per heavy atom. The minimum atomic E-state index is -3.19.